The quantitative estimate of drug-likeness (QED) is 0.938. The molecule has 0 spiro atoms. The predicted molar refractivity (Wildman–Crippen MR) is 72.5 cm³/mol. The van der Waals surface area contributed by atoms with E-state index in [-0.39, 0.29) is 11.9 Å². The van der Waals surface area contributed by atoms with Crippen molar-refractivity contribution in [2.45, 2.75) is 13.0 Å². The van der Waals surface area contributed by atoms with Gasteiger partial charge in [0.05, 0.1) is 6.04 Å². The number of halogens is 2. The highest BCUT2D eigenvalue weighted by atomic mass is 19.2. The highest BCUT2D eigenvalue weighted by molar-refractivity contribution is 5.52. The van der Waals surface area contributed by atoms with Gasteiger partial charge in [-0.05, 0) is 25.1 Å². The predicted octanol–water partition coefficient (Wildman–Crippen LogP) is 1.98. The van der Waals surface area contributed by atoms with E-state index in [0.717, 1.165) is 38.3 Å². The molecule has 0 bridgehead atoms. The zero-order valence-corrected chi connectivity index (χ0v) is 11.6. The summed E-state index contributed by atoms with van der Waals surface area (Å²) in [5, 5.41) is 7.24. The van der Waals surface area contributed by atoms with Crippen LogP contribution >= 0.6 is 0 Å². The Morgan fingerprint density at radius 1 is 1.24 bits per heavy atom. The zero-order valence-electron chi connectivity index (χ0n) is 11.6. The van der Waals surface area contributed by atoms with E-state index in [2.05, 4.69) is 20.4 Å². The monoisotopic (exact) mass is 294 g/mol. The van der Waals surface area contributed by atoms with Crippen LogP contribution in [0.1, 0.15) is 18.8 Å². The highest BCUT2D eigenvalue weighted by Gasteiger charge is 2.23. The van der Waals surface area contributed by atoms with Gasteiger partial charge in [0.1, 0.15) is 0 Å². The van der Waals surface area contributed by atoms with E-state index in [9.17, 15) is 8.78 Å². The third kappa shape index (κ3) is 2.93. The summed E-state index contributed by atoms with van der Waals surface area (Å²) in [6.07, 6.45) is 0. The molecule has 21 heavy (non-hydrogen) atoms. The van der Waals surface area contributed by atoms with Crippen LogP contribution in [0.5, 0.6) is 0 Å². The maximum absolute atomic E-state index is 13.2. The van der Waals surface area contributed by atoms with E-state index in [4.69, 9.17) is 4.52 Å². The number of aromatic nitrogens is 2. The van der Waals surface area contributed by atoms with Crippen LogP contribution in [0.25, 0.3) is 11.5 Å². The first-order valence-corrected chi connectivity index (χ1v) is 6.89. The van der Waals surface area contributed by atoms with E-state index in [0.29, 0.717) is 11.4 Å². The molecule has 0 aliphatic carbocycles. The van der Waals surface area contributed by atoms with Crippen molar-refractivity contribution >= 4 is 0 Å². The van der Waals surface area contributed by atoms with Crippen LogP contribution in [0.15, 0.2) is 22.7 Å². The summed E-state index contributed by atoms with van der Waals surface area (Å²) in [5.74, 6) is -1.07. The second-order valence-corrected chi connectivity index (χ2v) is 5.05. The lowest BCUT2D eigenvalue weighted by atomic mass is 10.2. The molecule has 0 saturated carbocycles. The van der Waals surface area contributed by atoms with Crippen LogP contribution < -0.4 is 5.32 Å². The molecule has 1 aromatic heterocycles. The first-order chi connectivity index (χ1) is 10.1. The summed E-state index contributed by atoms with van der Waals surface area (Å²) >= 11 is 0. The third-order valence-electron chi connectivity index (χ3n) is 3.68. The molecule has 0 amide bonds. The maximum Gasteiger partial charge on any atom is 0.258 e. The van der Waals surface area contributed by atoms with Gasteiger partial charge in [-0.15, -0.1) is 0 Å². The molecule has 7 heteroatoms. The summed E-state index contributed by atoms with van der Waals surface area (Å²) < 4.78 is 31.3. The van der Waals surface area contributed by atoms with Crippen LogP contribution in [0, 0.1) is 11.6 Å². The lowest BCUT2D eigenvalue weighted by Crippen LogP contribution is -2.44. The number of hydrogen-bond acceptors (Lipinski definition) is 5. The molecule has 2 aromatic rings. The Kier molecular flexibility index (Phi) is 3.94. The average molecular weight is 294 g/mol. The smallest absolute Gasteiger partial charge is 0.258 e. The van der Waals surface area contributed by atoms with Crippen molar-refractivity contribution in [3.05, 3.63) is 35.7 Å². The number of piperazine rings is 1. The van der Waals surface area contributed by atoms with Crippen molar-refractivity contribution in [3.63, 3.8) is 0 Å². The molecular weight excluding hydrogens is 278 g/mol. The van der Waals surface area contributed by atoms with Crippen molar-refractivity contribution < 1.29 is 13.3 Å². The Hall–Kier alpha value is -1.86. The van der Waals surface area contributed by atoms with Gasteiger partial charge in [0.2, 0.25) is 0 Å². The number of nitrogens with one attached hydrogen (secondary N) is 1. The molecule has 1 atom stereocenters. The summed E-state index contributed by atoms with van der Waals surface area (Å²) in [6, 6.07) is 3.55. The molecule has 1 unspecified atom stereocenters. The second kappa shape index (κ2) is 5.87. The van der Waals surface area contributed by atoms with Gasteiger partial charge in [-0.3, -0.25) is 4.90 Å². The minimum Gasteiger partial charge on any atom is -0.334 e. The van der Waals surface area contributed by atoms with Crippen LogP contribution in [-0.2, 0) is 0 Å². The van der Waals surface area contributed by atoms with Gasteiger partial charge in [0.15, 0.2) is 17.5 Å². The average Bonchev–Trinajstić information content (AvgIpc) is 3.00. The fourth-order valence-corrected chi connectivity index (χ4v) is 2.38. The van der Waals surface area contributed by atoms with Crippen LogP contribution in [-0.4, -0.2) is 41.2 Å². The standard InChI is InChI=1S/C14H16F2N4O/c1-9(20-6-4-17-5-7-20)13-18-14(21-19-13)10-2-3-11(15)12(16)8-10/h2-3,8-9,17H,4-7H2,1H3. The van der Waals surface area contributed by atoms with Crippen molar-refractivity contribution in [1.82, 2.24) is 20.4 Å². The molecule has 1 aliphatic rings. The second-order valence-electron chi connectivity index (χ2n) is 5.05. The van der Waals surface area contributed by atoms with Crippen molar-refractivity contribution in [1.29, 1.82) is 0 Å². The van der Waals surface area contributed by atoms with E-state index < -0.39 is 11.6 Å². The van der Waals surface area contributed by atoms with Gasteiger partial charge in [0, 0.05) is 31.7 Å². The molecule has 112 valence electrons. The molecule has 0 radical (unpaired) electrons. The molecule has 5 nitrogen and oxygen atoms in total. The largest absolute Gasteiger partial charge is 0.334 e. The Balaban J connectivity index is 1.80. The molecule has 1 aliphatic heterocycles. The summed E-state index contributed by atoms with van der Waals surface area (Å²) in [4.78, 5) is 6.54. The van der Waals surface area contributed by atoms with Crippen molar-refractivity contribution in [2.75, 3.05) is 26.2 Å². The van der Waals surface area contributed by atoms with Crippen LogP contribution in [0.2, 0.25) is 0 Å². The molecule has 1 saturated heterocycles. The Morgan fingerprint density at radius 2 is 2.00 bits per heavy atom. The molecule has 1 N–H and O–H groups in total. The maximum atomic E-state index is 13.2. The van der Waals surface area contributed by atoms with E-state index >= 15 is 0 Å². The van der Waals surface area contributed by atoms with Gasteiger partial charge in [-0.1, -0.05) is 5.16 Å². The zero-order chi connectivity index (χ0) is 14.8. The van der Waals surface area contributed by atoms with Gasteiger partial charge in [0.25, 0.3) is 5.89 Å². The summed E-state index contributed by atoms with van der Waals surface area (Å²) in [6.45, 7) is 5.69. The molecular formula is C14H16F2N4O. The summed E-state index contributed by atoms with van der Waals surface area (Å²) in [5.41, 5.74) is 0.375. The van der Waals surface area contributed by atoms with Gasteiger partial charge in [-0.2, -0.15) is 4.98 Å². The van der Waals surface area contributed by atoms with Crippen molar-refractivity contribution in [2.24, 2.45) is 0 Å². The summed E-state index contributed by atoms with van der Waals surface area (Å²) in [7, 11) is 0. The Morgan fingerprint density at radius 3 is 2.71 bits per heavy atom. The number of benzene rings is 1. The fourth-order valence-electron chi connectivity index (χ4n) is 2.38. The SMILES string of the molecule is CC(c1noc(-c2ccc(F)c(F)c2)n1)N1CCNCC1. The normalized spacial score (nSPS) is 17.9. The van der Waals surface area contributed by atoms with E-state index in [1.165, 1.54) is 6.07 Å². The first-order valence-electron chi connectivity index (χ1n) is 6.89. The van der Waals surface area contributed by atoms with Crippen LogP contribution in [0.3, 0.4) is 0 Å². The third-order valence-corrected chi connectivity index (χ3v) is 3.68. The molecule has 3 rings (SSSR count). The Bertz CT molecular complexity index is 625. The number of nitrogens with zero attached hydrogens (tertiary/aromatic N) is 3. The minimum absolute atomic E-state index is 0.0231. The number of rotatable bonds is 3. The lowest BCUT2D eigenvalue weighted by molar-refractivity contribution is 0.176. The van der Waals surface area contributed by atoms with Crippen LogP contribution in [0.4, 0.5) is 8.78 Å². The van der Waals surface area contributed by atoms with E-state index in [1.54, 1.807) is 0 Å². The first kappa shape index (κ1) is 14.1. The Labute approximate surface area is 120 Å². The molecule has 1 aromatic carbocycles. The lowest BCUT2D eigenvalue weighted by Gasteiger charge is -2.30. The van der Waals surface area contributed by atoms with Gasteiger partial charge in [-0.25, -0.2) is 8.78 Å². The van der Waals surface area contributed by atoms with Gasteiger partial charge < -0.3 is 9.84 Å². The highest BCUT2D eigenvalue weighted by Crippen LogP contribution is 2.23. The van der Waals surface area contributed by atoms with E-state index in [1.807, 2.05) is 6.92 Å². The molecule has 1 fully saturated rings. The molecule has 2 heterocycles. The number of hydrogen-bond donors (Lipinski definition) is 1. The van der Waals surface area contributed by atoms with Gasteiger partial charge >= 0.3 is 0 Å². The fraction of sp³-hybridized carbons (Fsp3) is 0.429. The van der Waals surface area contributed by atoms with Crippen molar-refractivity contribution in [3.8, 4) is 11.5 Å². The topological polar surface area (TPSA) is 54.2 Å². The minimum atomic E-state index is -0.928.